The maximum atomic E-state index is 13.7. The molecule has 3 rings (SSSR count). The summed E-state index contributed by atoms with van der Waals surface area (Å²) >= 11 is 0. The fourth-order valence-electron chi connectivity index (χ4n) is 2.32. The van der Waals surface area contributed by atoms with E-state index in [0.717, 1.165) is 12.3 Å². The predicted molar refractivity (Wildman–Crippen MR) is 102 cm³/mol. The first-order valence-corrected chi connectivity index (χ1v) is 10.0. The van der Waals surface area contributed by atoms with E-state index >= 15 is 0 Å². The Kier molecular flexibility index (Phi) is 5.65. The number of halogens is 1. The summed E-state index contributed by atoms with van der Waals surface area (Å²) in [4.78, 5) is 12.3. The van der Waals surface area contributed by atoms with E-state index in [1.165, 1.54) is 18.2 Å². The molecule has 0 aliphatic heterocycles. The van der Waals surface area contributed by atoms with E-state index in [4.69, 9.17) is 9.15 Å². The molecule has 1 aromatic heterocycles. The largest absolute Gasteiger partial charge is 0.486 e. The predicted octanol–water partition coefficient (Wildman–Crippen LogP) is 3.62. The molecule has 0 saturated heterocycles. The number of hydrogen-bond donors (Lipinski definition) is 2. The van der Waals surface area contributed by atoms with Crippen molar-refractivity contribution in [3.8, 4) is 5.75 Å². The third-order valence-electron chi connectivity index (χ3n) is 3.53. The van der Waals surface area contributed by atoms with Crippen molar-refractivity contribution < 1.29 is 26.8 Å². The van der Waals surface area contributed by atoms with Gasteiger partial charge in [-0.2, -0.15) is 0 Å². The average Bonchev–Trinajstić information content (AvgIpc) is 3.12. The maximum Gasteiger partial charge on any atom is 0.291 e. The van der Waals surface area contributed by atoms with Crippen molar-refractivity contribution in [2.75, 3.05) is 16.3 Å². The van der Waals surface area contributed by atoms with Gasteiger partial charge in [-0.1, -0.05) is 18.2 Å². The molecule has 0 bridgehead atoms. The Bertz CT molecular complexity index is 1080. The Morgan fingerprint density at radius 2 is 1.86 bits per heavy atom. The summed E-state index contributed by atoms with van der Waals surface area (Å²) in [5.74, 6) is -0.173. The monoisotopic (exact) mass is 404 g/mol. The molecule has 0 aliphatic rings. The summed E-state index contributed by atoms with van der Waals surface area (Å²) < 4.78 is 49.3. The molecule has 0 aliphatic carbocycles. The van der Waals surface area contributed by atoms with Crippen LogP contribution in [0, 0.1) is 5.82 Å². The van der Waals surface area contributed by atoms with Gasteiger partial charge in [-0.05, 0) is 42.5 Å². The molecule has 2 N–H and O–H groups in total. The second-order valence-electron chi connectivity index (χ2n) is 5.89. The van der Waals surface area contributed by atoms with Crippen LogP contribution < -0.4 is 14.8 Å². The number of carbonyl (C=O) groups is 1. The molecule has 0 spiro atoms. The SMILES string of the molecule is CS(=O)(=O)Nc1cc(NC(=O)c2ccc(COc3ccccc3)o2)ccc1F. The van der Waals surface area contributed by atoms with Crippen molar-refractivity contribution >= 4 is 27.3 Å². The van der Waals surface area contributed by atoms with Crippen LogP contribution in [0.1, 0.15) is 16.3 Å². The van der Waals surface area contributed by atoms with Crippen LogP contribution in [-0.2, 0) is 16.6 Å². The van der Waals surface area contributed by atoms with Crippen LogP contribution in [0.2, 0.25) is 0 Å². The molecule has 0 radical (unpaired) electrons. The van der Waals surface area contributed by atoms with Crippen molar-refractivity contribution in [3.63, 3.8) is 0 Å². The topological polar surface area (TPSA) is 97.6 Å². The minimum Gasteiger partial charge on any atom is -0.486 e. The Balaban J connectivity index is 1.65. The number of para-hydroxylation sites is 1. The molecule has 7 nitrogen and oxygen atoms in total. The van der Waals surface area contributed by atoms with Gasteiger partial charge in [-0.15, -0.1) is 0 Å². The fraction of sp³-hybridized carbons (Fsp3) is 0.105. The van der Waals surface area contributed by atoms with Gasteiger partial charge >= 0.3 is 0 Å². The summed E-state index contributed by atoms with van der Waals surface area (Å²) in [5.41, 5.74) is -0.0623. The lowest BCUT2D eigenvalue weighted by Crippen LogP contribution is -2.13. The molecule has 0 unspecified atom stereocenters. The zero-order valence-electron chi connectivity index (χ0n) is 14.8. The molecule has 28 heavy (non-hydrogen) atoms. The Labute approximate surface area is 161 Å². The number of furan rings is 1. The summed E-state index contributed by atoms with van der Waals surface area (Å²) in [7, 11) is -3.66. The number of carbonyl (C=O) groups excluding carboxylic acids is 1. The number of hydrogen-bond acceptors (Lipinski definition) is 5. The average molecular weight is 404 g/mol. The molecule has 1 heterocycles. The lowest BCUT2D eigenvalue weighted by Gasteiger charge is -2.09. The smallest absolute Gasteiger partial charge is 0.291 e. The number of rotatable bonds is 7. The van der Waals surface area contributed by atoms with Crippen LogP contribution in [0.5, 0.6) is 5.75 Å². The molecular weight excluding hydrogens is 387 g/mol. The van der Waals surface area contributed by atoms with Crippen LogP contribution in [0.3, 0.4) is 0 Å². The van der Waals surface area contributed by atoms with Crippen LogP contribution in [0.25, 0.3) is 0 Å². The van der Waals surface area contributed by atoms with Crippen molar-refractivity contribution in [3.05, 3.63) is 78.0 Å². The number of nitrogens with one attached hydrogen (secondary N) is 2. The molecule has 0 atom stereocenters. The number of sulfonamides is 1. The normalized spacial score (nSPS) is 11.1. The maximum absolute atomic E-state index is 13.7. The molecular formula is C19H17FN2O5S. The minimum atomic E-state index is -3.66. The van der Waals surface area contributed by atoms with Crippen molar-refractivity contribution in [2.24, 2.45) is 0 Å². The molecule has 0 saturated carbocycles. The standard InChI is InChI=1S/C19H17FN2O5S/c1-28(24,25)22-17-11-13(7-9-16(17)20)21-19(23)18-10-8-15(27-18)12-26-14-5-3-2-4-6-14/h2-11,22H,12H2,1H3,(H,21,23). The first-order valence-electron chi connectivity index (χ1n) is 8.15. The van der Waals surface area contributed by atoms with Crippen LogP contribution in [-0.4, -0.2) is 20.6 Å². The highest BCUT2D eigenvalue weighted by Crippen LogP contribution is 2.21. The Morgan fingerprint density at radius 3 is 2.57 bits per heavy atom. The second kappa shape index (κ2) is 8.13. The van der Waals surface area contributed by atoms with Crippen molar-refractivity contribution in [1.29, 1.82) is 0 Å². The summed E-state index contributed by atoms with van der Waals surface area (Å²) in [6.07, 6.45) is 0.902. The molecule has 9 heteroatoms. The molecule has 1 amide bonds. The summed E-state index contributed by atoms with van der Waals surface area (Å²) in [5, 5.41) is 2.52. The number of anilines is 2. The van der Waals surface area contributed by atoms with Crippen molar-refractivity contribution in [1.82, 2.24) is 0 Å². The molecule has 3 aromatic rings. The van der Waals surface area contributed by atoms with Crippen LogP contribution in [0.4, 0.5) is 15.8 Å². The summed E-state index contributed by atoms with van der Waals surface area (Å²) in [6, 6.07) is 15.8. The minimum absolute atomic E-state index is 0.0357. The lowest BCUT2D eigenvalue weighted by molar-refractivity contribution is 0.0992. The van der Waals surface area contributed by atoms with Gasteiger partial charge in [-0.3, -0.25) is 9.52 Å². The highest BCUT2D eigenvalue weighted by atomic mass is 32.2. The van der Waals surface area contributed by atoms with E-state index in [-0.39, 0.29) is 23.7 Å². The highest BCUT2D eigenvalue weighted by molar-refractivity contribution is 7.92. The number of amides is 1. The second-order valence-corrected chi connectivity index (χ2v) is 7.64. The quantitative estimate of drug-likeness (QED) is 0.627. The van der Waals surface area contributed by atoms with Gasteiger partial charge in [0.2, 0.25) is 10.0 Å². The van der Waals surface area contributed by atoms with Crippen LogP contribution >= 0.6 is 0 Å². The van der Waals surface area contributed by atoms with Crippen LogP contribution in [0.15, 0.2) is 65.1 Å². The van der Waals surface area contributed by atoms with Crippen molar-refractivity contribution in [2.45, 2.75) is 6.61 Å². The first-order chi connectivity index (χ1) is 13.3. The van der Waals surface area contributed by atoms with Gasteiger partial charge in [0, 0.05) is 5.69 Å². The van der Waals surface area contributed by atoms with Gasteiger partial charge in [0.05, 0.1) is 11.9 Å². The van der Waals surface area contributed by atoms with E-state index < -0.39 is 21.7 Å². The zero-order chi connectivity index (χ0) is 20.1. The Morgan fingerprint density at radius 1 is 1.11 bits per heavy atom. The van der Waals surface area contributed by atoms with Gasteiger partial charge in [0.1, 0.15) is 23.9 Å². The van der Waals surface area contributed by atoms with Gasteiger partial charge < -0.3 is 14.5 Å². The zero-order valence-corrected chi connectivity index (χ0v) is 15.6. The third kappa shape index (κ3) is 5.34. The Hall–Kier alpha value is -3.33. The summed E-state index contributed by atoms with van der Waals surface area (Å²) in [6.45, 7) is 0.149. The fourth-order valence-corrected chi connectivity index (χ4v) is 2.88. The first kappa shape index (κ1) is 19.4. The van der Waals surface area contributed by atoms with Gasteiger partial charge in [-0.25, -0.2) is 12.8 Å². The molecule has 0 fully saturated rings. The number of benzene rings is 2. The van der Waals surface area contributed by atoms with E-state index in [2.05, 4.69) is 5.32 Å². The van der Waals surface area contributed by atoms with E-state index in [1.807, 2.05) is 22.9 Å². The van der Waals surface area contributed by atoms with E-state index in [1.54, 1.807) is 18.2 Å². The van der Waals surface area contributed by atoms with Gasteiger partial charge in [0.15, 0.2) is 5.76 Å². The number of ether oxygens (including phenoxy) is 1. The van der Waals surface area contributed by atoms with E-state index in [9.17, 15) is 17.6 Å². The lowest BCUT2D eigenvalue weighted by atomic mass is 10.2. The highest BCUT2D eigenvalue weighted by Gasteiger charge is 2.14. The molecule has 2 aromatic carbocycles. The molecule has 146 valence electrons. The van der Waals surface area contributed by atoms with Gasteiger partial charge in [0.25, 0.3) is 5.91 Å². The third-order valence-corrected chi connectivity index (χ3v) is 4.12. The van der Waals surface area contributed by atoms with E-state index in [0.29, 0.717) is 11.5 Å².